The summed E-state index contributed by atoms with van der Waals surface area (Å²) in [4.78, 5) is 19.7. The smallest absolute Gasteiger partial charge is 0.322 e. The zero-order valence-corrected chi connectivity index (χ0v) is 21.9. The van der Waals surface area contributed by atoms with E-state index in [2.05, 4.69) is 60.7 Å². The van der Waals surface area contributed by atoms with Crippen molar-refractivity contribution in [1.29, 1.82) is 0 Å². The summed E-state index contributed by atoms with van der Waals surface area (Å²) in [6.07, 6.45) is 2.81. The third-order valence-electron chi connectivity index (χ3n) is 6.57. The van der Waals surface area contributed by atoms with E-state index in [1.54, 1.807) is 4.90 Å². The summed E-state index contributed by atoms with van der Waals surface area (Å²) in [7, 11) is 0. The number of aryl methyl sites for hydroxylation is 2. The first kappa shape index (κ1) is 25.6. The lowest BCUT2D eigenvalue weighted by molar-refractivity contribution is 0.0736. The number of carbonyl (C=O) groups excluding carboxylic acids is 1. The Balaban J connectivity index is 1.69. The van der Waals surface area contributed by atoms with Crippen LogP contribution >= 0.6 is 0 Å². The van der Waals surface area contributed by atoms with E-state index in [0.29, 0.717) is 24.9 Å². The molecule has 3 aromatic rings. The predicted molar refractivity (Wildman–Crippen MR) is 141 cm³/mol. The first-order chi connectivity index (χ1) is 17.4. The van der Waals surface area contributed by atoms with Gasteiger partial charge in [-0.15, -0.1) is 0 Å². The predicted octanol–water partition coefficient (Wildman–Crippen LogP) is 6.17. The lowest BCUT2D eigenvalue weighted by Crippen LogP contribution is -2.46. The molecule has 4 rings (SSSR count). The highest BCUT2D eigenvalue weighted by Gasteiger charge is 2.35. The normalized spacial score (nSPS) is 16.1. The van der Waals surface area contributed by atoms with Gasteiger partial charge in [0.25, 0.3) is 5.89 Å². The highest BCUT2D eigenvalue weighted by atomic mass is 16.5. The molecule has 7 heteroatoms. The minimum absolute atomic E-state index is 0.139. The van der Waals surface area contributed by atoms with E-state index in [0.717, 1.165) is 41.7 Å². The van der Waals surface area contributed by atoms with Crippen LogP contribution in [0.15, 0.2) is 58.8 Å². The van der Waals surface area contributed by atoms with E-state index in [-0.39, 0.29) is 18.2 Å². The van der Waals surface area contributed by atoms with Crippen LogP contribution in [0.4, 0.5) is 4.79 Å². The zero-order valence-electron chi connectivity index (χ0n) is 21.9. The van der Waals surface area contributed by atoms with E-state index in [4.69, 9.17) is 14.2 Å². The molecule has 0 radical (unpaired) electrons. The molecule has 190 valence electrons. The van der Waals surface area contributed by atoms with Crippen LogP contribution < -0.4 is 5.32 Å². The fourth-order valence-corrected chi connectivity index (χ4v) is 4.40. The van der Waals surface area contributed by atoms with Gasteiger partial charge in [-0.3, -0.25) is 4.90 Å². The van der Waals surface area contributed by atoms with Crippen LogP contribution in [0.5, 0.6) is 0 Å². The maximum Gasteiger partial charge on any atom is 0.322 e. The van der Waals surface area contributed by atoms with Gasteiger partial charge in [0.1, 0.15) is 0 Å². The molecular formula is C29H36N4O3. The molecule has 2 heterocycles. The second kappa shape index (κ2) is 11.5. The number of amides is 2. The molecule has 0 fully saturated rings. The van der Waals surface area contributed by atoms with E-state index < -0.39 is 0 Å². The number of allylic oxidation sites excluding steroid dienone is 1. The van der Waals surface area contributed by atoms with E-state index in [1.807, 2.05) is 32.9 Å². The van der Waals surface area contributed by atoms with Crippen molar-refractivity contribution in [1.82, 2.24) is 20.4 Å². The molecule has 1 aromatic heterocycles. The largest absolute Gasteiger partial charge is 0.379 e. The summed E-state index contributed by atoms with van der Waals surface area (Å²) in [6.45, 7) is 11.3. The average Bonchev–Trinajstić information content (AvgIpc) is 3.37. The Morgan fingerprint density at radius 2 is 1.67 bits per heavy atom. The molecule has 0 saturated heterocycles. The molecular weight excluding hydrogens is 452 g/mol. The highest BCUT2D eigenvalue weighted by molar-refractivity contribution is 5.86. The number of ether oxygens (including phenoxy) is 1. The van der Waals surface area contributed by atoms with Gasteiger partial charge >= 0.3 is 6.03 Å². The number of hydrogen-bond acceptors (Lipinski definition) is 5. The standard InChI is InChI=1S/C29H36N4O3/c1-6-21-9-13-23(14-10-21)26-25(20(5)33(29(34)30-26)17-8-18-35-19(3)4)28-31-27(32-36-28)24-15-11-22(7-2)12-16-24/h9-16,19,26H,6-8,17-18H2,1-5H3,(H,30,34). The Morgan fingerprint density at radius 1 is 1.03 bits per heavy atom. The summed E-state index contributed by atoms with van der Waals surface area (Å²) in [5.74, 6) is 0.942. The minimum atomic E-state index is -0.387. The van der Waals surface area contributed by atoms with Crippen molar-refractivity contribution in [3.8, 4) is 11.4 Å². The Bertz CT molecular complexity index is 1200. The summed E-state index contributed by atoms with van der Waals surface area (Å²) in [6, 6.07) is 16.0. The van der Waals surface area contributed by atoms with Crippen molar-refractivity contribution >= 4 is 11.6 Å². The molecule has 1 N–H and O–H groups in total. The van der Waals surface area contributed by atoms with Gasteiger partial charge in [0.15, 0.2) is 0 Å². The molecule has 1 atom stereocenters. The maximum absolute atomic E-state index is 13.2. The number of rotatable bonds is 10. The lowest BCUT2D eigenvalue weighted by atomic mass is 9.93. The Labute approximate surface area is 213 Å². The minimum Gasteiger partial charge on any atom is -0.379 e. The molecule has 0 bridgehead atoms. The molecule has 0 spiro atoms. The molecule has 7 nitrogen and oxygen atoms in total. The van der Waals surface area contributed by atoms with Gasteiger partial charge in [-0.05, 0) is 56.7 Å². The molecule has 1 aliphatic rings. The highest BCUT2D eigenvalue weighted by Crippen LogP contribution is 2.37. The topological polar surface area (TPSA) is 80.5 Å². The van der Waals surface area contributed by atoms with Gasteiger partial charge in [0, 0.05) is 24.4 Å². The summed E-state index contributed by atoms with van der Waals surface area (Å²) in [5.41, 5.74) is 5.99. The lowest BCUT2D eigenvalue weighted by Gasteiger charge is -2.35. The number of urea groups is 1. The van der Waals surface area contributed by atoms with Crippen molar-refractivity contribution in [3.05, 3.63) is 76.8 Å². The Kier molecular flexibility index (Phi) is 8.21. The van der Waals surface area contributed by atoms with Gasteiger partial charge in [-0.1, -0.05) is 67.5 Å². The SMILES string of the molecule is CCc1ccc(-c2noc(C3=C(C)N(CCCOC(C)C)C(=O)NC3c3ccc(CC)cc3)n2)cc1. The molecule has 2 amide bonds. The van der Waals surface area contributed by atoms with E-state index in [1.165, 1.54) is 11.1 Å². The van der Waals surface area contributed by atoms with Gasteiger partial charge in [-0.25, -0.2) is 4.79 Å². The van der Waals surface area contributed by atoms with Crippen LogP contribution in [-0.4, -0.2) is 40.3 Å². The molecule has 1 aliphatic heterocycles. The van der Waals surface area contributed by atoms with Gasteiger partial charge in [0.2, 0.25) is 5.82 Å². The zero-order chi connectivity index (χ0) is 25.7. The summed E-state index contributed by atoms with van der Waals surface area (Å²) >= 11 is 0. The Morgan fingerprint density at radius 3 is 2.28 bits per heavy atom. The van der Waals surface area contributed by atoms with Crippen molar-refractivity contribution in [3.63, 3.8) is 0 Å². The quantitative estimate of drug-likeness (QED) is 0.345. The van der Waals surface area contributed by atoms with Crippen LogP contribution in [-0.2, 0) is 17.6 Å². The number of carbonyl (C=O) groups is 1. The van der Waals surface area contributed by atoms with Crippen molar-refractivity contribution in [2.45, 2.75) is 66.0 Å². The molecule has 2 aromatic carbocycles. The first-order valence-corrected chi connectivity index (χ1v) is 12.8. The molecule has 0 saturated carbocycles. The molecule has 36 heavy (non-hydrogen) atoms. The second-order valence-electron chi connectivity index (χ2n) is 9.38. The van der Waals surface area contributed by atoms with Gasteiger partial charge in [-0.2, -0.15) is 4.98 Å². The second-order valence-corrected chi connectivity index (χ2v) is 9.38. The van der Waals surface area contributed by atoms with Crippen LogP contribution in [0.25, 0.3) is 17.0 Å². The monoisotopic (exact) mass is 488 g/mol. The van der Waals surface area contributed by atoms with E-state index >= 15 is 0 Å². The first-order valence-electron chi connectivity index (χ1n) is 12.8. The maximum atomic E-state index is 13.2. The van der Waals surface area contributed by atoms with Gasteiger partial charge in [0.05, 0.1) is 17.7 Å². The average molecular weight is 489 g/mol. The van der Waals surface area contributed by atoms with Crippen molar-refractivity contribution in [2.75, 3.05) is 13.2 Å². The molecule has 0 aliphatic carbocycles. The summed E-state index contributed by atoms with van der Waals surface area (Å²) in [5, 5.41) is 7.45. The fourth-order valence-electron chi connectivity index (χ4n) is 4.40. The fraction of sp³-hybridized carbons (Fsp3) is 0.414. The number of hydrogen-bond donors (Lipinski definition) is 1. The number of nitrogens with one attached hydrogen (secondary N) is 1. The van der Waals surface area contributed by atoms with Gasteiger partial charge < -0.3 is 14.6 Å². The van der Waals surface area contributed by atoms with Crippen LogP contribution in [0.3, 0.4) is 0 Å². The number of aromatic nitrogens is 2. The molecule has 1 unspecified atom stereocenters. The Hall–Kier alpha value is -3.45. The van der Waals surface area contributed by atoms with E-state index in [9.17, 15) is 4.79 Å². The van der Waals surface area contributed by atoms with Crippen LogP contribution in [0.2, 0.25) is 0 Å². The third-order valence-corrected chi connectivity index (χ3v) is 6.57. The van der Waals surface area contributed by atoms with Crippen LogP contribution in [0, 0.1) is 0 Å². The van der Waals surface area contributed by atoms with Crippen LogP contribution in [0.1, 0.15) is 69.7 Å². The summed E-state index contributed by atoms with van der Waals surface area (Å²) < 4.78 is 11.5. The van der Waals surface area contributed by atoms with Crippen molar-refractivity contribution in [2.24, 2.45) is 0 Å². The van der Waals surface area contributed by atoms with Crippen molar-refractivity contribution < 1.29 is 14.1 Å². The number of benzene rings is 2. The third kappa shape index (κ3) is 5.68. The number of nitrogens with zero attached hydrogens (tertiary/aromatic N) is 3.